The zero-order valence-corrected chi connectivity index (χ0v) is 16.4. The third kappa shape index (κ3) is 2.72. The molecule has 0 saturated heterocycles. The predicted molar refractivity (Wildman–Crippen MR) is 109 cm³/mol. The third-order valence-electron chi connectivity index (χ3n) is 5.22. The molecule has 4 heteroatoms. The Morgan fingerprint density at radius 3 is 2.28 bits per heavy atom. The summed E-state index contributed by atoms with van der Waals surface area (Å²) in [6, 6.07) is 18.0. The highest BCUT2D eigenvalue weighted by atomic mass is 127. The van der Waals surface area contributed by atoms with Crippen molar-refractivity contribution in [3.8, 4) is 0 Å². The minimum atomic E-state index is -0.972. The average Bonchev–Trinajstić information content (AvgIpc) is 3.41. The second-order valence-electron chi connectivity index (χ2n) is 7.02. The Hall–Kier alpha value is -1.66. The van der Waals surface area contributed by atoms with Crippen LogP contribution in [-0.2, 0) is 4.74 Å². The number of ether oxygens (including phenoxy) is 1. The maximum atomic E-state index is 11.3. The molecule has 1 N–H and O–H groups in total. The number of hydrogen-bond acceptors (Lipinski definition) is 3. The highest BCUT2D eigenvalue weighted by molar-refractivity contribution is 14.1. The van der Waals surface area contributed by atoms with Gasteiger partial charge in [-0.25, -0.2) is 4.99 Å². The molecular weight excluding hydrogens is 425 g/mol. The van der Waals surface area contributed by atoms with E-state index >= 15 is 0 Å². The van der Waals surface area contributed by atoms with Crippen LogP contribution in [0.5, 0.6) is 0 Å². The van der Waals surface area contributed by atoms with E-state index in [4.69, 9.17) is 9.73 Å². The van der Waals surface area contributed by atoms with Crippen molar-refractivity contribution in [1.29, 1.82) is 0 Å². The zero-order valence-electron chi connectivity index (χ0n) is 14.3. The van der Waals surface area contributed by atoms with Gasteiger partial charge in [-0.05, 0) is 61.4 Å². The first-order valence-electron chi connectivity index (χ1n) is 8.46. The maximum Gasteiger partial charge on any atom is 0.204 e. The molecule has 0 amide bonds. The molecule has 1 fully saturated rings. The van der Waals surface area contributed by atoms with Crippen LogP contribution in [0.15, 0.2) is 63.2 Å². The van der Waals surface area contributed by atoms with Crippen LogP contribution < -0.4 is 0 Å². The number of aliphatic hydroxyl groups is 1. The highest BCUT2D eigenvalue weighted by Gasteiger charge is 2.65. The molecule has 1 unspecified atom stereocenters. The summed E-state index contributed by atoms with van der Waals surface area (Å²) < 4.78 is 7.14. The van der Waals surface area contributed by atoms with E-state index in [-0.39, 0.29) is 0 Å². The quantitative estimate of drug-likeness (QED) is 0.630. The van der Waals surface area contributed by atoms with Crippen molar-refractivity contribution in [2.75, 3.05) is 0 Å². The maximum absolute atomic E-state index is 11.3. The Kier molecular flexibility index (Phi) is 4.00. The Bertz CT molecular complexity index is 863. The highest BCUT2D eigenvalue weighted by Crippen LogP contribution is 2.63. The molecule has 1 heterocycles. The second kappa shape index (κ2) is 5.95. The second-order valence-corrected chi connectivity index (χ2v) is 8.10. The number of hydrogen-bond donors (Lipinski definition) is 1. The van der Waals surface area contributed by atoms with Gasteiger partial charge in [-0.15, -0.1) is 0 Å². The predicted octanol–water partition coefficient (Wildman–Crippen LogP) is 5.39. The number of aryl methyl sites for hydroxylation is 1. The summed E-state index contributed by atoms with van der Waals surface area (Å²) in [5, 5.41) is 11.3. The first-order valence-corrected chi connectivity index (χ1v) is 9.54. The Morgan fingerprint density at radius 1 is 1.04 bits per heavy atom. The number of rotatable bonds is 2. The molecule has 25 heavy (non-hydrogen) atoms. The van der Waals surface area contributed by atoms with E-state index in [0.29, 0.717) is 11.7 Å². The van der Waals surface area contributed by atoms with Crippen molar-refractivity contribution in [2.45, 2.75) is 32.3 Å². The summed E-state index contributed by atoms with van der Waals surface area (Å²) in [7, 11) is 0. The van der Waals surface area contributed by atoms with E-state index in [1.165, 1.54) is 5.56 Å². The van der Waals surface area contributed by atoms with E-state index in [1.54, 1.807) is 0 Å². The fourth-order valence-corrected chi connectivity index (χ4v) is 4.28. The normalized spacial score (nSPS) is 26.0. The van der Waals surface area contributed by atoms with Crippen molar-refractivity contribution in [3.05, 3.63) is 69.3 Å². The van der Waals surface area contributed by atoms with Gasteiger partial charge in [-0.2, -0.15) is 0 Å². The van der Waals surface area contributed by atoms with E-state index in [0.717, 1.165) is 27.7 Å². The molecule has 1 aliphatic carbocycles. The fraction of sp³-hybridized carbons (Fsp3) is 0.286. The van der Waals surface area contributed by atoms with Crippen LogP contribution in [0.2, 0.25) is 0 Å². The Morgan fingerprint density at radius 2 is 1.68 bits per heavy atom. The first-order chi connectivity index (χ1) is 11.9. The molecule has 1 aliphatic heterocycles. The van der Waals surface area contributed by atoms with Crippen molar-refractivity contribution in [2.24, 2.45) is 10.4 Å². The van der Waals surface area contributed by atoms with Gasteiger partial charge in [0.15, 0.2) is 0 Å². The minimum absolute atomic E-state index is 0.410. The van der Waals surface area contributed by atoms with Crippen molar-refractivity contribution in [3.63, 3.8) is 0 Å². The smallest absolute Gasteiger partial charge is 0.204 e. The van der Waals surface area contributed by atoms with E-state index in [9.17, 15) is 5.11 Å². The molecule has 4 rings (SSSR count). The molecule has 2 aromatic rings. The molecular formula is C21H20INO2. The van der Waals surface area contributed by atoms with E-state index in [1.807, 2.05) is 61.5 Å². The van der Waals surface area contributed by atoms with Gasteiger partial charge in [0.05, 0.1) is 14.7 Å². The van der Waals surface area contributed by atoms with Gasteiger partial charge >= 0.3 is 0 Å². The van der Waals surface area contributed by atoms with Gasteiger partial charge in [0, 0.05) is 5.56 Å². The number of halogens is 1. The molecule has 2 aliphatic rings. The molecule has 3 nitrogen and oxygen atoms in total. The molecule has 0 aromatic heterocycles. The van der Waals surface area contributed by atoms with Gasteiger partial charge in [0.2, 0.25) is 5.90 Å². The van der Waals surface area contributed by atoms with Crippen LogP contribution in [0.3, 0.4) is 0 Å². The van der Waals surface area contributed by atoms with Crippen molar-refractivity contribution < 1.29 is 9.84 Å². The summed E-state index contributed by atoms with van der Waals surface area (Å²) in [5.74, 6) is 1.33. The van der Waals surface area contributed by atoms with Crippen LogP contribution in [0.1, 0.15) is 30.9 Å². The van der Waals surface area contributed by atoms with Crippen LogP contribution in [0, 0.1) is 12.3 Å². The largest absolute Gasteiger partial charge is 0.441 e. The number of benzene rings is 2. The fourth-order valence-electron chi connectivity index (χ4n) is 3.35. The Labute approximate surface area is 161 Å². The molecule has 1 atom stereocenters. The van der Waals surface area contributed by atoms with Crippen molar-refractivity contribution >= 4 is 39.9 Å². The lowest BCUT2D eigenvalue weighted by molar-refractivity contribution is 0.0457. The van der Waals surface area contributed by atoms with E-state index in [2.05, 4.69) is 29.5 Å². The third-order valence-corrected chi connectivity index (χ3v) is 6.76. The number of nitrogens with zero attached hydrogens (tertiary/aromatic N) is 1. The van der Waals surface area contributed by atoms with Gasteiger partial charge in [0.1, 0.15) is 11.4 Å². The van der Waals surface area contributed by atoms with Gasteiger partial charge in [0.25, 0.3) is 0 Å². The van der Waals surface area contributed by atoms with Crippen LogP contribution in [0.25, 0.3) is 5.76 Å². The standard InChI is InChI=1S/C21H20INO2/c1-14-8-10-16(11-9-14)23-19-21(12-13-21)20(2,24)18(22)17(25-19)15-6-4-3-5-7-15/h3-11,24H,12-13H2,1-2H3. The van der Waals surface area contributed by atoms with E-state index < -0.39 is 11.0 Å². The average molecular weight is 445 g/mol. The molecule has 2 aromatic carbocycles. The molecule has 0 bridgehead atoms. The SMILES string of the molecule is Cc1ccc(N=C2OC(c3ccccc3)=C(I)C(C)(O)C23CC3)cc1. The van der Waals surface area contributed by atoms with Gasteiger partial charge < -0.3 is 9.84 Å². The zero-order chi connectivity index (χ0) is 17.7. The topological polar surface area (TPSA) is 41.8 Å². The summed E-state index contributed by atoms with van der Waals surface area (Å²) in [4.78, 5) is 4.78. The molecule has 1 spiro atoms. The van der Waals surface area contributed by atoms with Crippen LogP contribution in [0.4, 0.5) is 5.69 Å². The lowest BCUT2D eigenvalue weighted by atomic mass is 9.82. The first kappa shape index (κ1) is 16.8. The summed E-state index contributed by atoms with van der Waals surface area (Å²) in [5.41, 5.74) is 1.63. The van der Waals surface area contributed by atoms with Gasteiger partial charge in [-0.3, -0.25) is 0 Å². The van der Waals surface area contributed by atoms with Crippen molar-refractivity contribution in [1.82, 2.24) is 0 Å². The number of aliphatic imine (C=N–C) groups is 1. The monoisotopic (exact) mass is 445 g/mol. The molecule has 0 radical (unpaired) electrons. The summed E-state index contributed by atoms with van der Waals surface area (Å²) in [6.45, 7) is 3.94. The van der Waals surface area contributed by atoms with Crippen LogP contribution in [-0.4, -0.2) is 16.6 Å². The lowest BCUT2D eigenvalue weighted by Crippen LogP contribution is -2.46. The van der Waals surface area contributed by atoms with Crippen LogP contribution >= 0.6 is 22.6 Å². The Balaban J connectivity index is 1.83. The lowest BCUT2D eigenvalue weighted by Gasteiger charge is -2.39. The summed E-state index contributed by atoms with van der Waals surface area (Å²) in [6.07, 6.45) is 1.78. The van der Waals surface area contributed by atoms with Gasteiger partial charge in [-0.1, -0.05) is 48.0 Å². The minimum Gasteiger partial charge on any atom is -0.441 e. The molecule has 1 saturated carbocycles. The molecule has 128 valence electrons. The summed E-state index contributed by atoms with van der Waals surface area (Å²) >= 11 is 2.23.